The number of likely N-dealkylation sites (N-methyl/N-ethyl adjacent to an activating group) is 1. The summed E-state index contributed by atoms with van der Waals surface area (Å²) < 4.78 is 6.19. The Balaban J connectivity index is 1.87. The number of aryl methyl sites for hydroxylation is 1. The van der Waals surface area contributed by atoms with Crippen LogP contribution in [0.5, 0.6) is 5.75 Å². The third kappa shape index (κ3) is 5.37. The second kappa shape index (κ2) is 8.13. The lowest BCUT2D eigenvalue weighted by Crippen LogP contribution is -3.08. The number of hydrogen-bond acceptors (Lipinski definition) is 2. The molecule has 0 radical (unpaired) electrons. The lowest BCUT2D eigenvalue weighted by molar-refractivity contribution is -0.885. The van der Waals surface area contributed by atoms with Crippen LogP contribution in [-0.2, 0) is 11.3 Å². The van der Waals surface area contributed by atoms with E-state index in [-0.39, 0.29) is 5.91 Å². The van der Waals surface area contributed by atoms with E-state index in [1.807, 2.05) is 56.4 Å². The van der Waals surface area contributed by atoms with Crippen LogP contribution >= 0.6 is 15.9 Å². The number of benzene rings is 2. The Hall–Kier alpha value is -1.85. The van der Waals surface area contributed by atoms with Crippen LogP contribution in [0.3, 0.4) is 0 Å². The van der Waals surface area contributed by atoms with E-state index >= 15 is 0 Å². The van der Waals surface area contributed by atoms with E-state index in [2.05, 4.69) is 21.2 Å². The van der Waals surface area contributed by atoms with Gasteiger partial charge in [0.25, 0.3) is 5.91 Å². The molecule has 1 atom stereocenters. The van der Waals surface area contributed by atoms with Gasteiger partial charge in [-0.1, -0.05) is 15.9 Å². The molecule has 23 heavy (non-hydrogen) atoms. The summed E-state index contributed by atoms with van der Waals surface area (Å²) in [7, 11) is 3.66. The first kappa shape index (κ1) is 17.5. The third-order valence-electron chi connectivity index (χ3n) is 3.57. The summed E-state index contributed by atoms with van der Waals surface area (Å²) in [6.45, 7) is 3.21. The monoisotopic (exact) mass is 377 g/mol. The lowest BCUT2D eigenvalue weighted by Gasteiger charge is -2.14. The molecule has 2 N–H and O–H groups in total. The molecular formula is C18H22BrN2O2+. The number of nitrogens with one attached hydrogen (secondary N) is 2. The van der Waals surface area contributed by atoms with Gasteiger partial charge in [0.1, 0.15) is 12.3 Å². The maximum atomic E-state index is 12.1. The highest BCUT2D eigenvalue weighted by Gasteiger charge is 2.11. The topological polar surface area (TPSA) is 42.8 Å². The van der Waals surface area contributed by atoms with Crippen LogP contribution in [0.2, 0.25) is 0 Å². The fraction of sp³-hybridized carbons (Fsp3) is 0.278. The summed E-state index contributed by atoms with van der Waals surface area (Å²) in [6, 6.07) is 13.7. The normalized spacial score (nSPS) is 11.8. The number of ether oxygens (including phenoxy) is 1. The molecule has 0 saturated heterocycles. The zero-order valence-electron chi connectivity index (χ0n) is 13.7. The fourth-order valence-corrected chi connectivity index (χ4v) is 2.60. The average Bonchev–Trinajstić information content (AvgIpc) is 2.51. The molecule has 0 bridgehead atoms. The van der Waals surface area contributed by atoms with E-state index in [1.165, 1.54) is 5.56 Å². The largest absolute Gasteiger partial charge is 0.497 e. The SMILES string of the molecule is COc1ccc(C[NH+](C)CC(=O)Nc2ccc(Br)c(C)c2)cc1. The van der Waals surface area contributed by atoms with Crippen molar-refractivity contribution in [1.82, 2.24) is 0 Å². The van der Waals surface area contributed by atoms with Crippen LogP contribution in [0.4, 0.5) is 5.69 Å². The number of halogens is 1. The van der Waals surface area contributed by atoms with Crippen LogP contribution in [-0.4, -0.2) is 26.6 Å². The van der Waals surface area contributed by atoms with Crippen LogP contribution in [0.1, 0.15) is 11.1 Å². The van der Waals surface area contributed by atoms with Gasteiger partial charge < -0.3 is 15.0 Å². The summed E-state index contributed by atoms with van der Waals surface area (Å²) in [6.07, 6.45) is 0. The van der Waals surface area contributed by atoms with E-state index < -0.39 is 0 Å². The van der Waals surface area contributed by atoms with Gasteiger partial charge in [-0.3, -0.25) is 4.79 Å². The third-order valence-corrected chi connectivity index (χ3v) is 4.46. The summed E-state index contributed by atoms with van der Waals surface area (Å²) in [4.78, 5) is 13.3. The first-order chi connectivity index (χ1) is 11.0. The molecule has 1 amide bonds. The molecule has 2 rings (SSSR count). The van der Waals surface area contributed by atoms with E-state index in [1.54, 1.807) is 7.11 Å². The van der Waals surface area contributed by atoms with Gasteiger partial charge in [-0.25, -0.2) is 0 Å². The molecule has 0 aromatic heterocycles. The number of hydrogen-bond donors (Lipinski definition) is 2. The van der Waals surface area contributed by atoms with Crippen molar-refractivity contribution in [2.24, 2.45) is 0 Å². The Kier molecular flexibility index (Phi) is 6.19. The number of anilines is 1. The van der Waals surface area contributed by atoms with Crippen LogP contribution in [0, 0.1) is 6.92 Å². The Morgan fingerprint density at radius 1 is 1.22 bits per heavy atom. The number of amides is 1. The number of carbonyl (C=O) groups excluding carboxylic acids is 1. The molecule has 0 saturated carbocycles. The number of methoxy groups -OCH3 is 1. The Morgan fingerprint density at radius 2 is 1.91 bits per heavy atom. The molecule has 0 aliphatic rings. The molecule has 5 heteroatoms. The van der Waals surface area contributed by atoms with Gasteiger partial charge in [0, 0.05) is 15.7 Å². The Bertz CT molecular complexity index is 671. The van der Waals surface area contributed by atoms with E-state index in [0.717, 1.165) is 32.9 Å². The number of rotatable bonds is 6. The zero-order valence-corrected chi connectivity index (χ0v) is 15.2. The maximum Gasteiger partial charge on any atom is 0.279 e. The zero-order chi connectivity index (χ0) is 16.8. The van der Waals surface area contributed by atoms with Gasteiger partial charge in [-0.2, -0.15) is 0 Å². The van der Waals surface area contributed by atoms with Crippen molar-refractivity contribution >= 4 is 27.5 Å². The Morgan fingerprint density at radius 3 is 2.52 bits per heavy atom. The minimum absolute atomic E-state index is 0.0118. The van der Waals surface area contributed by atoms with Gasteiger partial charge >= 0.3 is 0 Å². The van der Waals surface area contributed by atoms with Gasteiger partial charge in [-0.15, -0.1) is 0 Å². The fourth-order valence-electron chi connectivity index (χ4n) is 2.36. The highest BCUT2D eigenvalue weighted by atomic mass is 79.9. The van der Waals surface area contributed by atoms with Gasteiger partial charge in [0.2, 0.25) is 0 Å². The van der Waals surface area contributed by atoms with Crippen molar-refractivity contribution in [3.05, 3.63) is 58.1 Å². The molecule has 2 aromatic carbocycles. The highest BCUT2D eigenvalue weighted by Crippen LogP contribution is 2.19. The average molecular weight is 378 g/mol. The van der Waals surface area contributed by atoms with E-state index in [9.17, 15) is 4.79 Å². The van der Waals surface area contributed by atoms with Gasteiger partial charge in [-0.05, 0) is 55.0 Å². The van der Waals surface area contributed by atoms with Crippen molar-refractivity contribution in [3.8, 4) is 5.75 Å². The van der Waals surface area contributed by atoms with Crippen LogP contribution < -0.4 is 15.0 Å². The highest BCUT2D eigenvalue weighted by molar-refractivity contribution is 9.10. The standard InChI is InChI=1S/C18H21BrN2O2/c1-13-10-15(6-9-17(13)19)20-18(22)12-21(2)11-14-4-7-16(23-3)8-5-14/h4-10H,11-12H2,1-3H3,(H,20,22)/p+1. The minimum Gasteiger partial charge on any atom is -0.497 e. The maximum absolute atomic E-state index is 12.1. The van der Waals surface area contributed by atoms with E-state index in [0.29, 0.717) is 6.54 Å². The molecule has 122 valence electrons. The second-order valence-corrected chi connectivity index (χ2v) is 6.53. The summed E-state index contributed by atoms with van der Waals surface area (Å²) in [5.41, 5.74) is 3.10. The molecule has 1 unspecified atom stereocenters. The smallest absolute Gasteiger partial charge is 0.279 e. The Labute approximate surface area is 145 Å². The molecule has 0 fully saturated rings. The molecular weight excluding hydrogens is 356 g/mol. The van der Waals surface area contributed by atoms with Gasteiger partial charge in [0.15, 0.2) is 6.54 Å². The van der Waals surface area contributed by atoms with Crippen LogP contribution in [0.25, 0.3) is 0 Å². The predicted octanol–water partition coefficient (Wildman–Crippen LogP) is 2.42. The quantitative estimate of drug-likeness (QED) is 0.811. The van der Waals surface area contributed by atoms with Crippen molar-refractivity contribution < 1.29 is 14.4 Å². The van der Waals surface area contributed by atoms with Gasteiger partial charge in [0.05, 0.1) is 14.2 Å². The first-order valence-electron chi connectivity index (χ1n) is 7.48. The molecule has 4 nitrogen and oxygen atoms in total. The first-order valence-corrected chi connectivity index (χ1v) is 8.27. The summed E-state index contributed by atoms with van der Waals surface area (Å²) in [5.74, 6) is 0.854. The predicted molar refractivity (Wildman–Crippen MR) is 96.0 cm³/mol. The summed E-state index contributed by atoms with van der Waals surface area (Å²) in [5, 5.41) is 2.94. The molecule has 0 aliphatic heterocycles. The van der Waals surface area contributed by atoms with Crippen molar-refractivity contribution in [2.45, 2.75) is 13.5 Å². The van der Waals surface area contributed by atoms with Crippen molar-refractivity contribution in [3.63, 3.8) is 0 Å². The van der Waals surface area contributed by atoms with E-state index in [4.69, 9.17) is 4.74 Å². The minimum atomic E-state index is 0.0118. The number of quaternary nitrogens is 1. The lowest BCUT2D eigenvalue weighted by atomic mass is 10.2. The van der Waals surface area contributed by atoms with Crippen LogP contribution in [0.15, 0.2) is 46.9 Å². The molecule has 0 aliphatic carbocycles. The second-order valence-electron chi connectivity index (χ2n) is 5.67. The molecule has 2 aromatic rings. The van der Waals surface area contributed by atoms with Crippen molar-refractivity contribution in [1.29, 1.82) is 0 Å². The summed E-state index contributed by atoms with van der Waals surface area (Å²) >= 11 is 3.46. The molecule has 0 heterocycles. The number of carbonyl (C=O) groups is 1. The molecule has 0 spiro atoms. The van der Waals surface area contributed by atoms with Crippen molar-refractivity contribution in [2.75, 3.05) is 26.0 Å².